The number of nitrogens with zero attached hydrogens (tertiary/aromatic N) is 1. The molecule has 0 radical (unpaired) electrons. The molecule has 0 aliphatic carbocycles. The highest BCUT2D eigenvalue weighted by Crippen LogP contribution is 2.05. The second kappa shape index (κ2) is 5.27. The van der Waals surface area contributed by atoms with Crippen LogP contribution in [-0.4, -0.2) is 16.6 Å². The van der Waals surface area contributed by atoms with E-state index in [9.17, 15) is 9.18 Å². The first-order chi connectivity index (χ1) is 8.68. The first kappa shape index (κ1) is 12.0. The third kappa shape index (κ3) is 2.63. The van der Waals surface area contributed by atoms with Gasteiger partial charge in [-0.2, -0.15) is 5.10 Å². The van der Waals surface area contributed by atoms with Crippen LogP contribution in [0.1, 0.15) is 23.0 Å². The first-order valence-electron chi connectivity index (χ1n) is 5.41. The predicted octanol–water partition coefficient (Wildman–Crippen LogP) is 2.31. The van der Waals surface area contributed by atoms with E-state index in [1.54, 1.807) is 19.2 Å². The Morgan fingerprint density at radius 1 is 1.28 bits per heavy atom. The lowest BCUT2D eigenvalue weighted by atomic mass is 10.2. The Labute approximate surface area is 104 Å². The Morgan fingerprint density at radius 3 is 2.72 bits per heavy atom. The fraction of sp³-hybridized carbons (Fsp3) is 0.0769. The molecule has 2 rings (SSSR count). The maximum absolute atomic E-state index is 13.3. The van der Waals surface area contributed by atoms with Gasteiger partial charge in [-0.25, -0.2) is 9.82 Å². The largest absolute Gasteiger partial charge is 0.360 e. The van der Waals surface area contributed by atoms with Crippen molar-refractivity contribution in [3.05, 3.63) is 59.7 Å². The fourth-order valence-corrected chi connectivity index (χ4v) is 1.46. The van der Waals surface area contributed by atoms with Crippen molar-refractivity contribution in [1.82, 2.24) is 10.4 Å². The average Bonchev–Trinajstić information content (AvgIpc) is 2.90. The summed E-state index contributed by atoms with van der Waals surface area (Å²) in [6.45, 7) is 1.74. The lowest BCUT2D eigenvalue weighted by Crippen LogP contribution is -2.20. The molecule has 18 heavy (non-hydrogen) atoms. The highest BCUT2D eigenvalue weighted by molar-refractivity contribution is 5.99. The summed E-state index contributed by atoms with van der Waals surface area (Å²) in [5, 5.41) is 3.90. The molecule has 0 spiro atoms. The van der Waals surface area contributed by atoms with Gasteiger partial charge in [0, 0.05) is 6.20 Å². The minimum Gasteiger partial charge on any atom is -0.360 e. The van der Waals surface area contributed by atoms with Crippen molar-refractivity contribution in [2.45, 2.75) is 6.92 Å². The molecule has 0 atom stereocenters. The maximum Gasteiger partial charge on any atom is 0.274 e. The van der Waals surface area contributed by atoms with Gasteiger partial charge in [-0.05, 0) is 31.2 Å². The van der Waals surface area contributed by atoms with Gasteiger partial charge < -0.3 is 4.98 Å². The molecule has 0 fully saturated rings. The number of hydrogen-bond acceptors (Lipinski definition) is 2. The van der Waals surface area contributed by atoms with E-state index < -0.39 is 11.7 Å². The van der Waals surface area contributed by atoms with Crippen molar-refractivity contribution >= 4 is 11.6 Å². The lowest BCUT2D eigenvalue weighted by molar-refractivity contribution is 0.0951. The van der Waals surface area contributed by atoms with Crippen LogP contribution in [-0.2, 0) is 0 Å². The number of aromatic amines is 1. The second-order valence-corrected chi connectivity index (χ2v) is 3.70. The number of H-pyrrole nitrogens is 1. The quantitative estimate of drug-likeness (QED) is 0.632. The molecule has 0 saturated heterocycles. The number of hydrazone groups is 1. The Bertz CT molecular complexity index is 576. The normalized spacial score (nSPS) is 11.3. The minimum atomic E-state index is -0.570. The van der Waals surface area contributed by atoms with Gasteiger partial charge in [0.15, 0.2) is 0 Å². The summed E-state index contributed by atoms with van der Waals surface area (Å²) in [7, 11) is 0. The third-order valence-electron chi connectivity index (χ3n) is 2.43. The van der Waals surface area contributed by atoms with Gasteiger partial charge in [-0.3, -0.25) is 4.79 Å². The van der Waals surface area contributed by atoms with E-state index in [1.807, 2.05) is 12.1 Å². The average molecular weight is 245 g/mol. The van der Waals surface area contributed by atoms with Crippen LogP contribution in [0.4, 0.5) is 4.39 Å². The Morgan fingerprint density at radius 2 is 2.06 bits per heavy atom. The van der Waals surface area contributed by atoms with Gasteiger partial charge in [0.1, 0.15) is 5.82 Å². The molecule has 0 aliphatic rings. The summed E-state index contributed by atoms with van der Waals surface area (Å²) in [6, 6.07) is 9.42. The molecule has 0 saturated carbocycles. The van der Waals surface area contributed by atoms with E-state index in [0.29, 0.717) is 5.71 Å². The number of amides is 1. The number of hydrogen-bond donors (Lipinski definition) is 2. The molecule has 0 bridgehead atoms. The van der Waals surface area contributed by atoms with E-state index >= 15 is 0 Å². The van der Waals surface area contributed by atoms with Gasteiger partial charge in [-0.15, -0.1) is 0 Å². The number of nitrogens with one attached hydrogen (secondary N) is 2. The van der Waals surface area contributed by atoms with Crippen molar-refractivity contribution in [3.8, 4) is 0 Å². The minimum absolute atomic E-state index is 0.0273. The molecule has 0 aliphatic heterocycles. The van der Waals surface area contributed by atoms with Crippen LogP contribution in [0.2, 0.25) is 0 Å². The summed E-state index contributed by atoms with van der Waals surface area (Å²) in [5.74, 6) is -1.14. The second-order valence-electron chi connectivity index (χ2n) is 3.70. The zero-order chi connectivity index (χ0) is 13.0. The molecular weight excluding hydrogens is 233 g/mol. The molecular formula is C13H12FN3O. The SMILES string of the molecule is C/C(=N\NC(=O)c1ccccc1F)c1ccc[nH]1. The van der Waals surface area contributed by atoms with Gasteiger partial charge in [0.2, 0.25) is 0 Å². The van der Waals surface area contributed by atoms with E-state index in [4.69, 9.17) is 0 Å². The zero-order valence-corrected chi connectivity index (χ0v) is 9.77. The van der Waals surface area contributed by atoms with Crippen molar-refractivity contribution < 1.29 is 9.18 Å². The smallest absolute Gasteiger partial charge is 0.274 e. The third-order valence-corrected chi connectivity index (χ3v) is 2.43. The standard InChI is InChI=1S/C13H12FN3O/c1-9(12-7-4-8-15-12)16-17-13(18)10-5-2-3-6-11(10)14/h2-8,15H,1H3,(H,17,18)/b16-9+. The van der Waals surface area contributed by atoms with E-state index in [1.165, 1.54) is 18.2 Å². The number of carbonyl (C=O) groups excluding carboxylic acids is 1. The predicted molar refractivity (Wildman–Crippen MR) is 66.9 cm³/mol. The number of benzene rings is 1. The van der Waals surface area contributed by atoms with Crippen LogP contribution >= 0.6 is 0 Å². The van der Waals surface area contributed by atoms with Gasteiger partial charge in [0.25, 0.3) is 5.91 Å². The summed E-state index contributed by atoms with van der Waals surface area (Å²) in [5.41, 5.74) is 3.70. The van der Waals surface area contributed by atoms with Crippen LogP contribution in [0.3, 0.4) is 0 Å². The summed E-state index contributed by atoms with van der Waals surface area (Å²) < 4.78 is 13.3. The Kier molecular flexibility index (Phi) is 3.52. The van der Waals surface area contributed by atoms with Gasteiger partial charge in [0.05, 0.1) is 17.0 Å². The van der Waals surface area contributed by atoms with E-state index in [-0.39, 0.29) is 5.56 Å². The number of carbonyl (C=O) groups is 1. The summed E-state index contributed by atoms with van der Waals surface area (Å²) in [4.78, 5) is 14.6. The molecule has 0 unspecified atom stereocenters. The lowest BCUT2D eigenvalue weighted by Gasteiger charge is -2.02. The van der Waals surface area contributed by atoms with Crippen LogP contribution in [0.5, 0.6) is 0 Å². The van der Waals surface area contributed by atoms with Crippen molar-refractivity contribution in [2.24, 2.45) is 5.10 Å². The maximum atomic E-state index is 13.3. The van der Waals surface area contributed by atoms with Crippen molar-refractivity contribution in [3.63, 3.8) is 0 Å². The van der Waals surface area contributed by atoms with Crippen LogP contribution < -0.4 is 5.43 Å². The number of rotatable bonds is 3. The van der Waals surface area contributed by atoms with Crippen molar-refractivity contribution in [1.29, 1.82) is 0 Å². The molecule has 1 amide bonds. The zero-order valence-electron chi connectivity index (χ0n) is 9.77. The molecule has 1 heterocycles. The summed E-state index contributed by atoms with van der Waals surface area (Å²) >= 11 is 0. The molecule has 5 heteroatoms. The topological polar surface area (TPSA) is 57.2 Å². The van der Waals surface area contributed by atoms with Crippen molar-refractivity contribution in [2.75, 3.05) is 0 Å². The van der Waals surface area contributed by atoms with Crippen LogP contribution in [0, 0.1) is 5.82 Å². The van der Waals surface area contributed by atoms with E-state index in [2.05, 4.69) is 15.5 Å². The number of halogens is 1. The highest BCUT2D eigenvalue weighted by Gasteiger charge is 2.09. The molecule has 1 aromatic heterocycles. The number of aromatic nitrogens is 1. The first-order valence-corrected chi connectivity index (χ1v) is 5.41. The molecule has 4 nitrogen and oxygen atoms in total. The molecule has 92 valence electrons. The molecule has 2 aromatic rings. The highest BCUT2D eigenvalue weighted by atomic mass is 19.1. The Hall–Kier alpha value is -2.43. The summed E-state index contributed by atoms with van der Waals surface area (Å²) in [6.07, 6.45) is 1.76. The molecule has 1 aromatic carbocycles. The van der Waals surface area contributed by atoms with Crippen LogP contribution in [0.15, 0.2) is 47.7 Å². The van der Waals surface area contributed by atoms with Crippen LogP contribution in [0.25, 0.3) is 0 Å². The monoisotopic (exact) mass is 245 g/mol. The van der Waals surface area contributed by atoms with Gasteiger partial charge in [-0.1, -0.05) is 12.1 Å². The Balaban J connectivity index is 2.09. The fourth-order valence-electron chi connectivity index (χ4n) is 1.46. The van der Waals surface area contributed by atoms with E-state index in [0.717, 1.165) is 5.69 Å². The molecule has 2 N–H and O–H groups in total. The van der Waals surface area contributed by atoms with Gasteiger partial charge >= 0.3 is 0 Å².